The van der Waals surface area contributed by atoms with Gasteiger partial charge in [-0.2, -0.15) is 4.98 Å². The van der Waals surface area contributed by atoms with Crippen molar-refractivity contribution in [3.8, 4) is 5.88 Å². The SMILES string of the molecule is CN1CCN(CCOc2nc3ccccn3c2C(N)=O)CC1. The molecule has 0 atom stereocenters. The van der Waals surface area contributed by atoms with Crippen LogP contribution in [0.5, 0.6) is 5.88 Å². The van der Waals surface area contributed by atoms with Gasteiger partial charge in [0.05, 0.1) is 0 Å². The number of imidazole rings is 1. The third-order valence-electron chi connectivity index (χ3n) is 3.97. The molecule has 0 bridgehead atoms. The molecule has 1 saturated heterocycles. The Kier molecular flexibility index (Phi) is 4.26. The summed E-state index contributed by atoms with van der Waals surface area (Å²) < 4.78 is 7.39. The van der Waals surface area contributed by atoms with Gasteiger partial charge in [-0.05, 0) is 19.2 Å². The number of fused-ring (bicyclic) bond motifs is 1. The number of nitrogens with zero attached hydrogens (tertiary/aromatic N) is 4. The largest absolute Gasteiger partial charge is 0.475 e. The van der Waals surface area contributed by atoms with E-state index in [4.69, 9.17) is 10.5 Å². The standard InChI is InChI=1S/C15H21N5O2/c1-18-6-8-19(9-7-18)10-11-22-15-13(14(16)21)20-5-3-2-4-12(20)17-15/h2-5H,6-11H2,1H3,(H2,16,21). The highest BCUT2D eigenvalue weighted by molar-refractivity contribution is 5.94. The number of rotatable bonds is 5. The fraction of sp³-hybridized carbons (Fsp3) is 0.467. The first-order valence-electron chi connectivity index (χ1n) is 7.46. The summed E-state index contributed by atoms with van der Waals surface area (Å²) in [6, 6.07) is 5.51. The van der Waals surface area contributed by atoms with E-state index in [2.05, 4.69) is 21.8 Å². The van der Waals surface area contributed by atoms with Gasteiger partial charge < -0.3 is 15.4 Å². The van der Waals surface area contributed by atoms with Crippen molar-refractivity contribution in [1.82, 2.24) is 19.2 Å². The number of amides is 1. The molecule has 1 amide bonds. The maximum Gasteiger partial charge on any atom is 0.271 e. The average Bonchev–Trinajstić information content (AvgIpc) is 2.87. The number of pyridine rings is 1. The summed E-state index contributed by atoms with van der Waals surface area (Å²) in [5, 5.41) is 0. The zero-order valence-corrected chi connectivity index (χ0v) is 12.7. The van der Waals surface area contributed by atoms with Gasteiger partial charge in [0.15, 0.2) is 5.69 Å². The first-order chi connectivity index (χ1) is 10.6. The molecule has 2 aromatic heterocycles. The van der Waals surface area contributed by atoms with Crippen LogP contribution in [0.2, 0.25) is 0 Å². The summed E-state index contributed by atoms with van der Waals surface area (Å²) in [6.07, 6.45) is 1.76. The minimum Gasteiger partial charge on any atom is -0.475 e. The Balaban J connectivity index is 1.66. The number of primary amides is 1. The van der Waals surface area contributed by atoms with Crippen LogP contribution >= 0.6 is 0 Å². The Morgan fingerprint density at radius 2 is 2.09 bits per heavy atom. The lowest BCUT2D eigenvalue weighted by Gasteiger charge is -2.32. The molecular formula is C15H21N5O2. The molecule has 0 aromatic carbocycles. The number of hydrogen-bond donors (Lipinski definition) is 1. The van der Waals surface area contributed by atoms with Crippen molar-refractivity contribution in [3.05, 3.63) is 30.1 Å². The first kappa shape index (κ1) is 14.8. The van der Waals surface area contributed by atoms with Crippen molar-refractivity contribution in [2.45, 2.75) is 0 Å². The van der Waals surface area contributed by atoms with Gasteiger partial charge >= 0.3 is 0 Å². The highest BCUT2D eigenvalue weighted by Gasteiger charge is 2.19. The fourth-order valence-corrected chi connectivity index (χ4v) is 2.64. The average molecular weight is 303 g/mol. The highest BCUT2D eigenvalue weighted by Crippen LogP contribution is 2.19. The van der Waals surface area contributed by atoms with E-state index in [1.807, 2.05) is 18.2 Å². The van der Waals surface area contributed by atoms with Gasteiger partial charge in [-0.15, -0.1) is 0 Å². The lowest BCUT2D eigenvalue weighted by atomic mass is 10.3. The predicted molar refractivity (Wildman–Crippen MR) is 83.1 cm³/mol. The molecule has 2 N–H and O–H groups in total. The summed E-state index contributed by atoms with van der Waals surface area (Å²) >= 11 is 0. The van der Waals surface area contributed by atoms with E-state index in [0.717, 1.165) is 32.7 Å². The number of likely N-dealkylation sites (N-methyl/N-ethyl adjacent to an activating group) is 1. The van der Waals surface area contributed by atoms with Crippen molar-refractivity contribution >= 4 is 11.6 Å². The fourth-order valence-electron chi connectivity index (χ4n) is 2.64. The van der Waals surface area contributed by atoms with Crippen LogP contribution in [0.1, 0.15) is 10.5 Å². The summed E-state index contributed by atoms with van der Waals surface area (Å²) in [6.45, 7) is 5.52. The van der Waals surface area contributed by atoms with Crippen LogP contribution in [0.25, 0.3) is 5.65 Å². The van der Waals surface area contributed by atoms with Crippen LogP contribution in [-0.4, -0.2) is 71.5 Å². The molecule has 0 saturated carbocycles. The second-order valence-corrected chi connectivity index (χ2v) is 5.55. The van der Waals surface area contributed by atoms with Crippen molar-refractivity contribution in [2.24, 2.45) is 5.73 Å². The van der Waals surface area contributed by atoms with Gasteiger partial charge in [-0.25, -0.2) is 0 Å². The Labute approximate surface area is 129 Å². The minimum absolute atomic E-state index is 0.300. The second-order valence-electron chi connectivity index (χ2n) is 5.55. The number of ether oxygens (including phenoxy) is 1. The molecule has 7 heteroatoms. The molecule has 0 aliphatic carbocycles. The Morgan fingerprint density at radius 3 is 2.82 bits per heavy atom. The molecule has 3 heterocycles. The van der Waals surface area contributed by atoms with Gasteiger partial charge in [0, 0.05) is 38.9 Å². The van der Waals surface area contributed by atoms with Gasteiger partial charge in [0.2, 0.25) is 5.88 Å². The maximum atomic E-state index is 11.7. The lowest BCUT2D eigenvalue weighted by Crippen LogP contribution is -2.45. The van der Waals surface area contributed by atoms with Crippen molar-refractivity contribution in [1.29, 1.82) is 0 Å². The van der Waals surface area contributed by atoms with Gasteiger partial charge in [-0.3, -0.25) is 14.1 Å². The molecule has 1 aliphatic rings. The Bertz CT molecular complexity index is 661. The molecule has 7 nitrogen and oxygen atoms in total. The summed E-state index contributed by atoms with van der Waals surface area (Å²) in [7, 11) is 2.13. The Morgan fingerprint density at radius 1 is 1.32 bits per heavy atom. The third-order valence-corrected chi connectivity index (χ3v) is 3.97. The van der Waals surface area contributed by atoms with E-state index < -0.39 is 5.91 Å². The summed E-state index contributed by atoms with van der Waals surface area (Å²) in [4.78, 5) is 20.7. The summed E-state index contributed by atoms with van der Waals surface area (Å²) in [5.41, 5.74) is 6.42. The molecular weight excluding hydrogens is 282 g/mol. The Hall–Kier alpha value is -2.12. The van der Waals surface area contributed by atoms with Gasteiger partial charge in [0.25, 0.3) is 5.91 Å². The number of aromatic nitrogens is 2. The maximum absolute atomic E-state index is 11.7. The molecule has 118 valence electrons. The van der Waals surface area contributed by atoms with Crippen LogP contribution in [0, 0.1) is 0 Å². The van der Waals surface area contributed by atoms with E-state index in [0.29, 0.717) is 23.8 Å². The predicted octanol–water partition coefficient (Wildman–Crippen LogP) is 0.0594. The van der Waals surface area contributed by atoms with E-state index >= 15 is 0 Å². The van der Waals surface area contributed by atoms with E-state index in [9.17, 15) is 4.79 Å². The van der Waals surface area contributed by atoms with E-state index in [1.165, 1.54) is 0 Å². The normalized spacial score (nSPS) is 17.0. The van der Waals surface area contributed by atoms with Crippen molar-refractivity contribution in [3.63, 3.8) is 0 Å². The van der Waals surface area contributed by atoms with Gasteiger partial charge in [-0.1, -0.05) is 6.07 Å². The summed E-state index contributed by atoms with van der Waals surface area (Å²) in [5.74, 6) is -0.221. The quantitative estimate of drug-likeness (QED) is 0.845. The number of hydrogen-bond acceptors (Lipinski definition) is 5. The molecule has 0 spiro atoms. The zero-order valence-electron chi connectivity index (χ0n) is 12.7. The lowest BCUT2D eigenvalue weighted by molar-refractivity contribution is 0.0987. The second kappa shape index (κ2) is 6.33. The highest BCUT2D eigenvalue weighted by atomic mass is 16.5. The molecule has 1 aliphatic heterocycles. The van der Waals surface area contributed by atoms with Crippen molar-refractivity contribution < 1.29 is 9.53 Å². The van der Waals surface area contributed by atoms with Crippen LogP contribution in [-0.2, 0) is 0 Å². The number of piperazine rings is 1. The van der Waals surface area contributed by atoms with Gasteiger partial charge in [0.1, 0.15) is 12.3 Å². The molecule has 2 aromatic rings. The van der Waals surface area contributed by atoms with E-state index in [-0.39, 0.29) is 0 Å². The number of nitrogens with two attached hydrogens (primary N) is 1. The smallest absolute Gasteiger partial charge is 0.271 e. The molecule has 22 heavy (non-hydrogen) atoms. The monoisotopic (exact) mass is 303 g/mol. The molecule has 1 fully saturated rings. The number of carbonyl (C=O) groups excluding carboxylic acids is 1. The third kappa shape index (κ3) is 3.05. The number of carbonyl (C=O) groups is 1. The van der Waals surface area contributed by atoms with E-state index in [1.54, 1.807) is 10.6 Å². The van der Waals surface area contributed by atoms with Crippen molar-refractivity contribution in [2.75, 3.05) is 46.4 Å². The topological polar surface area (TPSA) is 76.1 Å². The first-order valence-corrected chi connectivity index (χ1v) is 7.46. The molecule has 0 unspecified atom stereocenters. The molecule has 0 radical (unpaired) electrons. The zero-order chi connectivity index (χ0) is 15.5. The van der Waals surface area contributed by atoms with Crippen LogP contribution in [0.15, 0.2) is 24.4 Å². The van der Waals surface area contributed by atoms with Crippen LogP contribution in [0.3, 0.4) is 0 Å². The van der Waals surface area contributed by atoms with Crippen LogP contribution < -0.4 is 10.5 Å². The minimum atomic E-state index is -0.534. The molecule has 3 rings (SSSR count). The van der Waals surface area contributed by atoms with Crippen LogP contribution in [0.4, 0.5) is 0 Å².